The number of amides is 2. The molecule has 0 radical (unpaired) electrons. The number of benzene rings is 1. The zero-order chi connectivity index (χ0) is 24.5. The molecule has 0 bridgehead atoms. The van der Waals surface area contributed by atoms with Gasteiger partial charge in [0.25, 0.3) is 17.9 Å². The summed E-state index contributed by atoms with van der Waals surface area (Å²) < 4.78 is 26.3. The maximum Gasteiger partial charge on any atom is 0.270 e. The molecule has 0 spiro atoms. The van der Waals surface area contributed by atoms with E-state index in [9.17, 15) is 28.4 Å². The second-order valence-corrected chi connectivity index (χ2v) is 8.09. The Hall–Kier alpha value is -3.56. The molecule has 1 heterocycles. The summed E-state index contributed by atoms with van der Waals surface area (Å²) in [5.41, 5.74) is 0.308. The lowest BCUT2D eigenvalue weighted by Gasteiger charge is -2.10. The summed E-state index contributed by atoms with van der Waals surface area (Å²) in [4.78, 5) is 38.6. The molecule has 12 heteroatoms. The number of anilines is 2. The van der Waals surface area contributed by atoms with E-state index < -0.39 is 30.0 Å². The van der Waals surface area contributed by atoms with Crippen molar-refractivity contribution in [2.24, 2.45) is 0 Å². The van der Waals surface area contributed by atoms with Crippen LogP contribution in [-0.2, 0) is 16.1 Å². The molecule has 0 saturated heterocycles. The van der Waals surface area contributed by atoms with E-state index in [1.54, 1.807) is 56.3 Å². The molecule has 0 saturated carbocycles. The lowest BCUT2D eigenvalue weighted by Crippen LogP contribution is -2.35. The molecule has 0 fully saturated rings. The van der Waals surface area contributed by atoms with E-state index in [2.05, 4.69) is 10.6 Å². The minimum atomic E-state index is -2.76. The maximum atomic E-state index is 12.7. The predicted molar refractivity (Wildman–Crippen MR) is 123 cm³/mol. The van der Waals surface area contributed by atoms with Gasteiger partial charge in [-0.15, -0.1) is 11.3 Å². The third kappa shape index (κ3) is 7.23. The van der Waals surface area contributed by atoms with Gasteiger partial charge in [-0.05, 0) is 39.2 Å². The molecule has 3 N–H and O–H groups in total. The van der Waals surface area contributed by atoms with Crippen LogP contribution < -0.4 is 30.7 Å². The highest BCUT2D eigenvalue weighted by Crippen LogP contribution is 2.15. The summed E-state index contributed by atoms with van der Waals surface area (Å²) in [5.74, 6) is -1.15. The predicted octanol–water partition coefficient (Wildman–Crippen LogP) is 0.335. The molecule has 1 aromatic heterocycles. The fourth-order valence-corrected chi connectivity index (χ4v) is 3.86. The van der Waals surface area contributed by atoms with Gasteiger partial charge in [0.05, 0.1) is 13.1 Å². The average molecular weight is 479 g/mol. The van der Waals surface area contributed by atoms with Gasteiger partial charge >= 0.3 is 0 Å². The first-order valence-electron chi connectivity index (χ1n) is 9.88. The quantitative estimate of drug-likeness (QED) is 0.478. The van der Waals surface area contributed by atoms with Crippen molar-refractivity contribution in [1.82, 2.24) is 14.8 Å². The average Bonchev–Trinajstić information content (AvgIpc) is 3.06. The lowest BCUT2D eigenvalue weighted by atomic mass is 10.2. The summed E-state index contributed by atoms with van der Waals surface area (Å²) in [5, 5.41) is 17.1. The zero-order valence-electron chi connectivity index (χ0n) is 18.3. The van der Waals surface area contributed by atoms with E-state index in [-0.39, 0.29) is 28.2 Å². The van der Waals surface area contributed by atoms with Crippen molar-refractivity contribution in [2.45, 2.75) is 19.9 Å². The van der Waals surface area contributed by atoms with Crippen molar-refractivity contribution in [3.63, 3.8) is 0 Å². The van der Waals surface area contributed by atoms with Gasteiger partial charge in [-0.25, -0.2) is 8.78 Å². The van der Waals surface area contributed by atoms with Gasteiger partial charge in [-0.2, -0.15) is 5.26 Å². The second-order valence-electron chi connectivity index (χ2n) is 7.06. The number of thiazole rings is 1. The normalized spacial score (nSPS) is 12.5. The van der Waals surface area contributed by atoms with Crippen LogP contribution in [0.3, 0.4) is 0 Å². The molecular formula is C21H24F2N6O3S. The highest BCUT2D eigenvalue weighted by molar-refractivity contribution is 7.07. The Morgan fingerprint density at radius 2 is 2.00 bits per heavy atom. The molecule has 2 amide bonds. The van der Waals surface area contributed by atoms with Crippen LogP contribution in [0.5, 0.6) is 0 Å². The maximum absolute atomic E-state index is 12.7. The first-order chi connectivity index (χ1) is 15.7. The number of hydrogen-bond acceptors (Lipinski definition) is 7. The van der Waals surface area contributed by atoms with Gasteiger partial charge in [-0.3, -0.25) is 19.0 Å². The van der Waals surface area contributed by atoms with Crippen molar-refractivity contribution < 1.29 is 18.4 Å². The monoisotopic (exact) mass is 478 g/mol. The molecule has 2 aromatic rings. The molecule has 1 aromatic carbocycles. The molecule has 0 aliphatic rings. The molecular weight excluding hydrogens is 454 g/mol. The van der Waals surface area contributed by atoms with Gasteiger partial charge in [0.15, 0.2) is 5.57 Å². The highest BCUT2D eigenvalue weighted by Gasteiger charge is 2.16. The first kappa shape index (κ1) is 25.7. The number of halogens is 2. The van der Waals surface area contributed by atoms with Crippen molar-refractivity contribution in [2.75, 3.05) is 37.8 Å². The summed E-state index contributed by atoms with van der Waals surface area (Å²) >= 11 is 0.896. The van der Waals surface area contributed by atoms with Crippen LogP contribution in [0.15, 0.2) is 29.1 Å². The van der Waals surface area contributed by atoms with Crippen LogP contribution in [-0.4, -0.2) is 54.9 Å². The SMILES string of the molecule is CCn1c(=O)/c(=C\Nc2cccc(NC(=O)CN(C)C)c2)s/c1=C(/C#N)C(=O)NCC(F)F. The van der Waals surface area contributed by atoms with Crippen molar-refractivity contribution in [3.05, 3.63) is 43.8 Å². The number of carbonyl (C=O) groups excluding carboxylic acids is 2. The minimum absolute atomic E-state index is 0.0783. The molecule has 0 aliphatic heterocycles. The van der Waals surface area contributed by atoms with Gasteiger partial charge in [0.2, 0.25) is 5.91 Å². The number of carbonyl (C=O) groups is 2. The third-order valence-electron chi connectivity index (χ3n) is 4.17. The molecule has 33 heavy (non-hydrogen) atoms. The standard InChI is InChI=1S/C21H24F2N6O3S/c1-4-29-20(32)16(33-21(29)15(9-24)19(31)26-11-17(22)23)10-25-13-6-5-7-14(8-13)27-18(30)12-28(2)3/h5-8,10,17,25H,4,11-12H2,1-3H3,(H,26,31)(H,27,30)/b16-10+,21-15-. The highest BCUT2D eigenvalue weighted by atomic mass is 32.1. The van der Waals surface area contributed by atoms with E-state index in [0.717, 1.165) is 11.3 Å². The summed E-state index contributed by atoms with van der Waals surface area (Å²) in [6, 6.07) is 8.56. The molecule has 176 valence electrons. The molecule has 0 unspecified atom stereocenters. The largest absolute Gasteiger partial charge is 0.360 e. The Kier molecular flexibility index (Phi) is 9.26. The second kappa shape index (κ2) is 11.9. The number of alkyl halides is 2. The van der Waals surface area contributed by atoms with E-state index in [1.165, 1.54) is 10.8 Å². The Balaban J connectivity index is 2.37. The van der Waals surface area contributed by atoms with E-state index in [1.807, 2.05) is 5.32 Å². The Morgan fingerprint density at radius 3 is 2.61 bits per heavy atom. The van der Waals surface area contributed by atoms with Gasteiger partial charge in [0, 0.05) is 24.1 Å². The van der Waals surface area contributed by atoms with Crippen molar-refractivity contribution in [3.8, 4) is 6.07 Å². The van der Waals surface area contributed by atoms with E-state index >= 15 is 0 Å². The Morgan fingerprint density at radius 1 is 1.30 bits per heavy atom. The van der Waals surface area contributed by atoms with Gasteiger partial charge < -0.3 is 20.9 Å². The zero-order valence-corrected chi connectivity index (χ0v) is 19.1. The lowest BCUT2D eigenvalue weighted by molar-refractivity contribution is -0.117. The number of nitrogens with one attached hydrogen (secondary N) is 3. The number of hydrogen-bond donors (Lipinski definition) is 3. The minimum Gasteiger partial charge on any atom is -0.360 e. The smallest absolute Gasteiger partial charge is 0.270 e. The van der Waals surface area contributed by atoms with Gasteiger partial charge in [0.1, 0.15) is 15.3 Å². The number of aromatic nitrogens is 1. The Bertz CT molecular complexity index is 1230. The number of rotatable bonds is 9. The summed E-state index contributed by atoms with van der Waals surface area (Å²) in [7, 11) is 3.56. The number of nitriles is 1. The van der Waals surface area contributed by atoms with Gasteiger partial charge in [-0.1, -0.05) is 6.07 Å². The molecule has 2 rings (SSSR count). The Labute approximate surface area is 192 Å². The fourth-order valence-electron chi connectivity index (χ4n) is 2.77. The van der Waals surface area contributed by atoms with E-state index in [0.29, 0.717) is 11.4 Å². The molecule has 0 atom stereocenters. The molecule has 9 nitrogen and oxygen atoms in total. The van der Waals surface area contributed by atoms with Crippen molar-refractivity contribution >= 4 is 46.3 Å². The van der Waals surface area contributed by atoms with Crippen LogP contribution >= 0.6 is 11.3 Å². The summed E-state index contributed by atoms with van der Waals surface area (Å²) in [6.07, 6.45) is -1.34. The fraction of sp³-hybridized carbons (Fsp3) is 0.333. The van der Waals surface area contributed by atoms with Crippen LogP contribution in [0.1, 0.15) is 6.92 Å². The number of likely N-dealkylation sites (N-methyl/N-ethyl adjacent to an activating group) is 1. The van der Waals surface area contributed by atoms with Crippen LogP contribution in [0.4, 0.5) is 20.2 Å². The van der Waals surface area contributed by atoms with E-state index in [4.69, 9.17) is 0 Å². The number of nitrogens with zero attached hydrogens (tertiary/aromatic N) is 3. The van der Waals surface area contributed by atoms with Crippen molar-refractivity contribution in [1.29, 1.82) is 5.26 Å². The van der Waals surface area contributed by atoms with Crippen LogP contribution in [0.2, 0.25) is 0 Å². The molecule has 0 aliphatic carbocycles. The third-order valence-corrected chi connectivity index (χ3v) is 5.30. The van der Waals surface area contributed by atoms with Crippen LogP contribution in [0, 0.1) is 11.3 Å². The van der Waals surface area contributed by atoms with Crippen LogP contribution in [0.25, 0.3) is 11.8 Å². The summed E-state index contributed by atoms with van der Waals surface area (Å²) in [6.45, 7) is 1.18. The first-order valence-corrected chi connectivity index (χ1v) is 10.7. The topological polar surface area (TPSA) is 119 Å².